The number of hydrogen-bond donors (Lipinski definition) is 3. The van der Waals surface area contributed by atoms with Crippen molar-refractivity contribution in [2.24, 2.45) is 0 Å². The number of H-pyrrole nitrogens is 1. The minimum Gasteiger partial charge on any atom is -0.366 e. The van der Waals surface area contributed by atoms with Gasteiger partial charge in [-0.15, -0.1) is 0 Å². The average Bonchev–Trinajstić information content (AvgIpc) is 3.40. The van der Waals surface area contributed by atoms with E-state index in [1.807, 2.05) is 31.0 Å². The van der Waals surface area contributed by atoms with E-state index in [4.69, 9.17) is 4.98 Å². The van der Waals surface area contributed by atoms with Gasteiger partial charge >= 0.3 is 0 Å². The van der Waals surface area contributed by atoms with Crippen molar-refractivity contribution in [3.63, 3.8) is 0 Å². The first kappa shape index (κ1) is 19.1. The van der Waals surface area contributed by atoms with Crippen LogP contribution in [-0.4, -0.2) is 63.6 Å². The molecule has 2 aliphatic rings. The molecule has 0 aromatic carbocycles. The molecule has 28 heavy (non-hydrogen) atoms. The van der Waals surface area contributed by atoms with Crippen LogP contribution in [0.1, 0.15) is 51.3 Å². The lowest BCUT2D eigenvalue weighted by Gasteiger charge is -2.42. The van der Waals surface area contributed by atoms with Gasteiger partial charge in [0.05, 0.1) is 18.5 Å². The molecule has 0 bridgehead atoms. The number of fused-ring (bicyclic) bond motifs is 1. The number of anilines is 1. The predicted octanol–water partition coefficient (Wildman–Crippen LogP) is 2.58. The number of rotatable bonds is 9. The first-order valence-corrected chi connectivity index (χ1v) is 10.3. The molecular weight excluding hydrogens is 359 g/mol. The van der Waals surface area contributed by atoms with Gasteiger partial charge in [0.15, 0.2) is 0 Å². The number of aromatic nitrogens is 3. The third kappa shape index (κ3) is 4.11. The number of nitrogens with one attached hydrogen (secondary N) is 3. The summed E-state index contributed by atoms with van der Waals surface area (Å²) in [7, 11) is 0. The van der Waals surface area contributed by atoms with Crippen molar-refractivity contribution in [1.29, 1.82) is 0 Å². The Morgan fingerprint density at radius 2 is 2.07 bits per heavy atom. The van der Waals surface area contributed by atoms with E-state index in [0.717, 1.165) is 48.6 Å². The van der Waals surface area contributed by atoms with E-state index in [9.17, 15) is 9.18 Å². The van der Waals surface area contributed by atoms with Crippen LogP contribution >= 0.6 is 0 Å². The molecule has 0 unspecified atom stereocenters. The second-order valence-corrected chi connectivity index (χ2v) is 8.08. The van der Waals surface area contributed by atoms with E-state index in [0.29, 0.717) is 25.3 Å². The van der Waals surface area contributed by atoms with Gasteiger partial charge in [0, 0.05) is 31.0 Å². The number of nitrogens with zero attached hydrogens (tertiary/aromatic N) is 3. The second-order valence-electron chi connectivity index (χ2n) is 8.08. The molecule has 152 valence electrons. The van der Waals surface area contributed by atoms with Crippen molar-refractivity contribution in [2.45, 2.75) is 57.2 Å². The summed E-state index contributed by atoms with van der Waals surface area (Å²) in [4.78, 5) is 26.4. The summed E-state index contributed by atoms with van der Waals surface area (Å²) in [6, 6.07) is 1.97. The van der Waals surface area contributed by atoms with Crippen molar-refractivity contribution in [1.82, 2.24) is 25.2 Å². The largest absolute Gasteiger partial charge is 0.366 e. The molecule has 2 aromatic rings. The van der Waals surface area contributed by atoms with E-state index >= 15 is 0 Å². The third-order valence-electron chi connectivity index (χ3n) is 5.80. The maximum atomic E-state index is 14.9. The molecule has 0 aliphatic heterocycles. The van der Waals surface area contributed by atoms with Crippen LogP contribution in [0.25, 0.3) is 11.0 Å². The Morgan fingerprint density at radius 3 is 2.75 bits per heavy atom. The molecule has 2 aliphatic carbocycles. The van der Waals surface area contributed by atoms with Crippen molar-refractivity contribution < 1.29 is 9.18 Å². The zero-order chi connectivity index (χ0) is 19.7. The summed E-state index contributed by atoms with van der Waals surface area (Å²) in [5.74, 6) is 1.99. The lowest BCUT2D eigenvalue weighted by atomic mass is 9.77. The fourth-order valence-electron chi connectivity index (χ4n) is 3.82. The number of aromatic amines is 1. The summed E-state index contributed by atoms with van der Waals surface area (Å²) >= 11 is 0. The van der Waals surface area contributed by atoms with Gasteiger partial charge in [0.1, 0.15) is 23.0 Å². The SMILES string of the molecule is CCN(CC)CC(=O)NCC1(F)CC(Nc2nc(C3CC3)nc3[nH]ccc23)C1. The summed E-state index contributed by atoms with van der Waals surface area (Å²) in [6.07, 6.45) is 4.86. The lowest BCUT2D eigenvalue weighted by molar-refractivity contribution is -0.123. The molecular formula is C20H29FN6O. The zero-order valence-corrected chi connectivity index (χ0v) is 16.6. The molecule has 0 saturated heterocycles. The highest BCUT2D eigenvalue weighted by atomic mass is 19.1. The van der Waals surface area contributed by atoms with Gasteiger partial charge in [-0.3, -0.25) is 9.69 Å². The van der Waals surface area contributed by atoms with Gasteiger partial charge in [-0.25, -0.2) is 14.4 Å². The highest BCUT2D eigenvalue weighted by Crippen LogP contribution is 2.41. The molecule has 2 heterocycles. The van der Waals surface area contributed by atoms with Crippen molar-refractivity contribution in [3.05, 3.63) is 18.1 Å². The average molecular weight is 388 g/mol. The van der Waals surface area contributed by atoms with Crippen LogP contribution in [0.4, 0.5) is 10.2 Å². The van der Waals surface area contributed by atoms with Gasteiger partial charge in [0.25, 0.3) is 0 Å². The Labute approximate surface area is 164 Å². The molecule has 7 nitrogen and oxygen atoms in total. The number of carbonyl (C=O) groups is 1. The zero-order valence-electron chi connectivity index (χ0n) is 16.6. The van der Waals surface area contributed by atoms with E-state index < -0.39 is 5.67 Å². The first-order chi connectivity index (χ1) is 13.5. The van der Waals surface area contributed by atoms with Crippen LogP contribution < -0.4 is 10.6 Å². The number of carbonyl (C=O) groups excluding carboxylic acids is 1. The summed E-state index contributed by atoms with van der Waals surface area (Å²) in [6.45, 7) is 6.04. The fourth-order valence-corrected chi connectivity index (χ4v) is 3.82. The molecule has 4 rings (SSSR count). The second kappa shape index (κ2) is 7.66. The standard InChI is InChI=1S/C20H29FN6O/c1-3-27(4-2)11-16(28)23-12-20(21)9-14(10-20)24-19-15-7-8-22-18(15)25-17(26-19)13-5-6-13/h7-8,13-14H,3-6,9-12H2,1-2H3,(H,23,28)(H2,22,24,25,26). The van der Waals surface area contributed by atoms with E-state index in [-0.39, 0.29) is 18.5 Å². The Bertz CT molecular complexity index is 838. The van der Waals surface area contributed by atoms with E-state index in [1.54, 1.807) is 0 Å². The van der Waals surface area contributed by atoms with Crippen LogP contribution in [0.5, 0.6) is 0 Å². The quantitative estimate of drug-likeness (QED) is 0.615. The fraction of sp³-hybridized carbons (Fsp3) is 0.650. The lowest BCUT2D eigenvalue weighted by Crippen LogP contribution is -2.54. The van der Waals surface area contributed by atoms with Gasteiger partial charge in [-0.2, -0.15) is 0 Å². The normalized spacial score (nSPS) is 24.4. The Kier molecular flexibility index (Phi) is 5.23. The first-order valence-electron chi connectivity index (χ1n) is 10.3. The van der Waals surface area contributed by atoms with Crippen LogP contribution in [0, 0.1) is 0 Å². The molecule has 8 heteroatoms. The highest BCUT2D eigenvalue weighted by Gasteiger charge is 2.45. The smallest absolute Gasteiger partial charge is 0.234 e. The number of alkyl halides is 1. The number of likely N-dealkylation sites (N-methyl/N-ethyl adjacent to an activating group) is 1. The number of amides is 1. The van der Waals surface area contributed by atoms with Crippen LogP contribution in [0.2, 0.25) is 0 Å². The topological polar surface area (TPSA) is 85.9 Å². The van der Waals surface area contributed by atoms with Crippen LogP contribution in [0.3, 0.4) is 0 Å². The summed E-state index contributed by atoms with van der Waals surface area (Å²) in [5, 5.41) is 7.08. The Morgan fingerprint density at radius 1 is 1.32 bits per heavy atom. The monoisotopic (exact) mass is 388 g/mol. The van der Waals surface area contributed by atoms with Crippen molar-refractivity contribution in [2.75, 3.05) is 31.5 Å². The molecule has 2 saturated carbocycles. The third-order valence-corrected chi connectivity index (χ3v) is 5.80. The summed E-state index contributed by atoms with van der Waals surface area (Å²) in [5.41, 5.74) is -0.519. The van der Waals surface area contributed by atoms with Gasteiger partial charge in [-0.1, -0.05) is 13.8 Å². The van der Waals surface area contributed by atoms with E-state index in [1.165, 1.54) is 0 Å². The molecule has 2 aromatic heterocycles. The maximum Gasteiger partial charge on any atom is 0.234 e. The van der Waals surface area contributed by atoms with Gasteiger partial charge in [0.2, 0.25) is 5.91 Å². The highest BCUT2D eigenvalue weighted by molar-refractivity contribution is 5.87. The minimum absolute atomic E-state index is 0.0183. The van der Waals surface area contributed by atoms with E-state index in [2.05, 4.69) is 20.6 Å². The van der Waals surface area contributed by atoms with Crippen molar-refractivity contribution in [3.8, 4) is 0 Å². The Hall–Kier alpha value is -2.22. The van der Waals surface area contributed by atoms with Gasteiger partial charge in [-0.05, 0) is 32.0 Å². The molecule has 0 spiro atoms. The maximum absolute atomic E-state index is 14.9. The molecule has 2 fully saturated rings. The van der Waals surface area contributed by atoms with Crippen LogP contribution in [-0.2, 0) is 4.79 Å². The van der Waals surface area contributed by atoms with Crippen molar-refractivity contribution >= 4 is 22.8 Å². The van der Waals surface area contributed by atoms with Crippen LogP contribution in [0.15, 0.2) is 12.3 Å². The number of halogens is 1. The summed E-state index contributed by atoms with van der Waals surface area (Å²) < 4.78 is 14.9. The number of hydrogen-bond acceptors (Lipinski definition) is 5. The molecule has 0 radical (unpaired) electrons. The Balaban J connectivity index is 1.31. The predicted molar refractivity (Wildman–Crippen MR) is 107 cm³/mol. The van der Waals surface area contributed by atoms with Gasteiger partial charge < -0.3 is 15.6 Å². The molecule has 3 N–H and O–H groups in total. The molecule has 1 amide bonds. The minimum atomic E-state index is -1.35. The molecule has 0 atom stereocenters.